The SMILES string of the molecule is CC1CC2(C)CCCC1(C1C3CCC(C3)C1(C)C)CO2. The van der Waals surface area contributed by atoms with Gasteiger partial charge in [-0.2, -0.15) is 0 Å². The molecule has 6 atom stereocenters. The van der Waals surface area contributed by atoms with Crippen LogP contribution in [0.15, 0.2) is 0 Å². The third kappa shape index (κ3) is 1.59. The molecule has 6 unspecified atom stereocenters. The standard InChI is InChI=1S/C19H32O/c1-13-11-18(4)8-5-9-19(13,12-20-18)16-14-6-7-15(10-14)17(16,2)3/h13-16H,5-12H2,1-4H3. The van der Waals surface area contributed by atoms with Crippen molar-refractivity contribution in [3.05, 3.63) is 0 Å². The zero-order chi connectivity index (χ0) is 14.2. The Balaban J connectivity index is 1.73. The number of hydrogen-bond acceptors (Lipinski definition) is 1. The largest absolute Gasteiger partial charge is 0.375 e. The second-order valence-electron chi connectivity index (χ2n) is 9.50. The van der Waals surface area contributed by atoms with Crippen LogP contribution in [-0.2, 0) is 4.74 Å². The van der Waals surface area contributed by atoms with Gasteiger partial charge in [-0.05, 0) is 81.0 Å². The first-order valence-electron chi connectivity index (χ1n) is 9.01. The van der Waals surface area contributed by atoms with E-state index in [0.717, 1.165) is 30.3 Å². The molecule has 5 aliphatic rings. The Morgan fingerprint density at radius 2 is 1.85 bits per heavy atom. The average Bonchev–Trinajstić information content (AvgIpc) is 2.83. The van der Waals surface area contributed by atoms with Crippen LogP contribution in [0.4, 0.5) is 0 Å². The summed E-state index contributed by atoms with van der Waals surface area (Å²) in [6, 6.07) is 0. The van der Waals surface area contributed by atoms with Crippen molar-refractivity contribution in [2.24, 2.45) is 34.5 Å². The summed E-state index contributed by atoms with van der Waals surface area (Å²) in [5, 5.41) is 0. The van der Waals surface area contributed by atoms with Crippen LogP contribution < -0.4 is 0 Å². The minimum Gasteiger partial charge on any atom is -0.375 e. The second kappa shape index (κ2) is 4.03. The number of fused-ring (bicyclic) bond motifs is 6. The topological polar surface area (TPSA) is 9.23 Å². The maximum Gasteiger partial charge on any atom is 0.0657 e. The lowest BCUT2D eigenvalue weighted by Gasteiger charge is -2.56. The summed E-state index contributed by atoms with van der Waals surface area (Å²) in [6.45, 7) is 11.1. The predicted molar refractivity (Wildman–Crippen MR) is 82.5 cm³/mol. The van der Waals surface area contributed by atoms with Crippen LogP contribution in [0.5, 0.6) is 0 Å². The molecule has 1 heteroatoms. The van der Waals surface area contributed by atoms with Crippen LogP contribution in [0.3, 0.4) is 0 Å². The fourth-order valence-electron chi connectivity index (χ4n) is 7.26. The molecule has 3 saturated carbocycles. The Morgan fingerprint density at radius 1 is 1.05 bits per heavy atom. The van der Waals surface area contributed by atoms with E-state index in [0.29, 0.717) is 10.8 Å². The minimum absolute atomic E-state index is 0.196. The fourth-order valence-corrected chi connectivity index (χ4v) is 7.26. The van der Waals surface area contributed by atoms with Gasteiger partial charge in [0.1, 0.15) is 0 Å². The lowest BCUT2D eigenvalue weighted by atomic mass is 9.52. The van der Waals surface area contributed by atoms with Crippen LogP contribution >= 0.6 is 0 Å². The predicted octanol–water partition coefficient (Wildman–Crippen LogP) is 5.04. The van der Waals surface area contributed by atoms with E-state index >= 15 is 0 Å². The van der Waals surface area contributed by atoms with Gasteiger partial charge in [-0.25, -0.2) is 0 Å². The summed E-state index contributed by atoms with van der Waals surface area (Å²) < 4.78 is 6.48. The van der Waals surface area contributed by atoms with Crippen molar-refractivity contribution < 1.29 is 4.74 Å². The van der Waals surface area contributed by atoms with Crippen molar-refractivity contribution >= 4 is 0 Å². The van der Waals surface area contributed by atoms with Crippen LogP contribution in [0.25, 0.3) is 0 Å². The zero-order valence-electron chi connectivity index (χ0n) is 13.9. The molecule has 0 spiro atoms. The molecule has 5 fully saturated rings. The van der Waals surface area contributed by atoms with Gasteiger partial charge in [0.05, 0.1) is 12.2 Å². The Bertz CT molecular complexity index is 414. The quantitative estimate of drug-likeness (QED) is 0.651. The van der Waals surface area contributed by atoms with Gasteiger partial charge in [-0.1, -0.05) is 20.8 Å². The maximum absolute atomic E-state index is 6.48. The van der Waals surface area contributed by atoms with Gasteiger partial charge in [0.15, 0.2) is 0 Å². The number of ether oxygens (including phenoxy) is 1. The van der Waals surface area contributed by atoms with Crippen molar-refractivity contribution in [1.29, 1.82) is 0 Å². The van der Waals surface area contributed by atoms with E-state index in [2.05, 4.69) is 27.7 Å². The molecule has 5 rings (SSSR count). The van der Waals surface area contributed by atoms with Gasteiger partial charge in [-0.3, -0.25) is 0 Å². The van der Waals surface area contributed by atoms with Crippen molar-refractivity contribution in [2.45, 2.75) is 78.2 Å². The molecule has 4 bridgehead atoms. The molecule has 1 nitrogen and oxygen atoms in total. The van der Waals surface area contributed by atoms with E-state index in [1.807, 2.05) is 0 Å². The van der Waals surface area contributed by atoms with Crippen molar-refractivity contribution in [3.63, 3.8) is 0 Å². The molecule has 20 heavy (non-hydrogen) atoms. The lowest BCUT2D eigenvalue weighted by molar-refractivity contribution is -0.178. The third-order valence-electron chi connectivity index (χ3n) is 8.17. The van der Waals surface area contributed by atoms with Gasteiger partial charge in [0.25, 0.3) is 0 Å². The first-order valence-corrected chi connectivity index (χ1v) is 9.01. The van der Waals surface area contributed by atoms with E-state index in [1.54, 1.807) is 0 Å². The normalized spacial score (nSPS) is 57.0. The Hall–Kier alpha value is -0.0400. The van der Waals surface area contributed by atoms with Crippen LogP contribution in [0.2, 0.25) is 0 Å². The summed E-state index contributed by atoms with van der Waals surface area (Å²) in [5.74, 6) is 3.78. The Labute approximate surface area is 124 Å². The average molecular weight is 276 g/mol. The molecular weight excluding hydrogens is 244 g/mol. The van der Waals surface area contributed by atoms with Crippen molar-refractivity contribution in [3.8, 4) is 0 Å². The van der Waals surface area contributed by atoms with Gasteiger partial charge >= 0.3 is 0 Å². The lowest BCUT2D eigenvalue weighted by Crippen LogP contribution is -2.54. The Kier molecular flexibility index (Phi) is 2.74. The molecule has 114 valence electrons. The third-order valence-corrected chi connectivity index (χ3v) is 8.17. The van der Waals surface area contributed by atoms with E-state index in [-0.39, 0.29) is 5.60 Å². The molecular formula is C19H32O. The van der Waals surface area contributed by atoms with Gasteiger partial charge in [0.2, 0.25) is 0 Å². The van der Waals surface area contributed by atoms with Crippen LogP contribution in [0, 0.1) is 34.5 Å². The fraction of sp³-hybridized carbons (Fsp3) is 1.00. The summed E-state index contributed by atoms with van der Waals surface area (Å²) in [4.78, 5) is 0. The summed E-state index contributed by atoms with van der Waals surface area (Å²) in [7, 11) is 0. The first-order chi connectivity index (χ1) is 9.37. The summed E-state index contributed by atoms with van der Waals surface area (Å²) in [5.41, 5.74) is 1.25. The monoisotopic (exact) mass is 276 g/mol. The van der Waals surface area contributed by atoms with E-state index < -0.39 is 0 Å². The minimum atomic E-state index is 0.196. The number of rotatable bonds is 1. The highest BCUT2D eigenvalue weighted by molar-refractivity contribution is 5.12. The van der Waals surface area contributed by atoms with Crippen molar-refractivity contribution in [2.75, 3.05) is 6.61 Å². The molecule has 3 aliphatic carbocycles. The maximum atomic E-state index is 6.48. The molecule has 0 N–H and O–H groups in total. The van der Waals surface area contributed by atoms with Crippen molar-refractivity contribution in [1.82, 2.24) is 0 Å². The molecule has 2 aliphatic heterocycles. The summed E-state index contributed by atoms with van der Waals surface area (Å²) in [6.07, 6.45) is 9.94. The van der Waals surface area contributed by atoms with Crippen LogP contribution in [-0.4, -0.2) is 12.2 Å². The van der Waals surface area contributed by atoms with Gasteiger partial charge in [0, 0.05) is 5.41 Å². The molecule has 0 aromatic heterocycles. The van der Waals surface area contributed by atoms with E-state index in [9.17, 15) is 0 Å². The molecule has 0 amide bonds. The van der Waals surface area contributed by atoms with E-state index in [1.165, 1.54) is 44.9 Å². The highest BCUT2D eigenvalue weighted by Crippen LogP contribution is 2.69. The molecule has 0 aromatic rings. The second-order valence-corrected chi connectivity index (χ2v) is 9.50. The van der Waals surface area contributed by atoms with Crippen LogP contribution in [0.1, 0.15) is 72.6 Å². The number of hydrogen-bond donors (Lipinski definition) is 0. The summed E-state index contributed by atoms with van der Waals surface area (Å²) >= 11 is 0. The molecule has 0 aromatic carbocycles. The van der Waals surface area contributed by atoms with Gasteiger partial charge in [-0.15, -0.1) is 0 Å². The smallest absolute Gasteiger partial charge is 0.0657 e. The zero-order valence-corrected chi connectivity index (χ0v) is 13.9. The van der Waals surface area contributed by atoms with Gasteiger partial charge < -0.3 is 4.74 Å². The Morgan fingerprint density at radius 3 is 2.50 bits per heavy atom. The van der Waals surface area contributed by atoms with E-state index in [4.69, 9.17) is 4.74 Å². The first kappa shape index (κ1) is 13.6. The highest BCUT2D eigenvalue weighted by Gasteiger charge is 2.63. The molecule has 2 saturated heterocycles. The molecule has 2 heterocycles. The molecule has 0 radical (unpaired) electrons. The highest BCUT2D eigenvalue weighted by atomic mass is 16.5.